The molecule has 0 spiro atoms. The summed E-state index contributed by atoms with van der Waals surface area (Å²) in [5.74, 6) is 0. The van der Waals surface area contributed by atoms with Crippen LogP contribution in [-0.4, -0.2) is 18.5 Å². The van der Waals surface area contributed by atoms with Crippen LogP contribution in [0.3, 0.4) is 0 Å². The Morgan fingerprint density at radius 1 is 0.677 bits per heavy atom. The predicted molar refractivity (Wildman–Crippen MR) is 115 cm³/mol. The number of rotatable bonds is 1. The number of hydrogen-bond acceptors (Lipinski definition) is 2. The maximum atomic E-state index is 10.7. The Kier molecular flexibility index (Phi) is 5.33. The molecular formula is C24H17F3O3S. The first kappa shape index (κ1) is 21.1. The summed E-state index contributed by atoms with van der Waals surface area (Å²) in [5, 5.41) is 2.64. The van der Waals surface area contributed by atoms with Gasteiger partial charge in [-0.3, -0.25) is 4.55 Å². The minimum absolute atomic E-state index is 1.03. The van der Waals surface area contributed by atoms with E-state index in [4.69, 9.17) is 13.0 Å². The molecule has 4 aromatic rings. The first-order chi connectivity index (χ1) is 14.7. The van der Waals surface area contributed by atoms with E-state index in [1.807, 2.05) is 0 Å². The molecule has 0 saturated carbocycles. The van der Waals surface area contributed by atoms with Crippen LogP contribution in [0, 0.1) is 0 Å². The van der Waals surface area contributed by atoms with Crippen molar-refractivity contribution in [3.63, 3.8) is 0 Å². The number of hydrogen-bond donors (Lipinski definition) is 1. The highest BCUT2D eigenvalue weighted by Gasteiger charge is 2.44. The van der Waals surface area contributed by atoms with Gasteiger partial charge in [-0.15, -0.1) is 0 Å². The lowest BCUT2D eigenvalue weighted by molar-refractivity contribution is -0.0510. The van der Waals surface area contributed by atoms with Gasteiger partial charge in [0.2, 0.25) is 0 Å². The zero-order chi connectivity index (χ0) is 22.2. The van der Waals surface area contributed by atoms with Gasteiger partial charge in [-0.25, -0.2) is 0 Å². The molecule has 31 heavy (non-hydrogen) atoms. The molecule has 0 bridgehead atoms. The first-order valence-electron chi connectivity index (χ1n) is 9.39. The highest BCUT2D eigenvalue weighted by atomic mass is 32.2. The van der Waals surface area contributed by atoms with Crippen molar-refractivity contribution < 1.29 is 26.1 Å². The van der Waals surface area contributed by atoms with E-state index in [1.54, 1.807) is 0 Å². The van der Waals surface area contributed by atoms with E-state index in [-0.39, 0.29) is 0 Å². The molecule has 0 aliphatic heterocycles. The third-order valence-electron chi connectivity index (χ3n) is 5.22. The summed E-state index contributed by atoms with van der Waals surface area (Å²) in [6, 6.07) is 30.8. The molecule has 4 aromatic carbocycles. The monoisotopic (exact) mass is 442 g/mol. The summed E-state index contributed by atoms with van der Waals surface area (Å²) < 4.78 is 57.5. The minimum Gasteiger partial charge on any atom is -0.279 e. The maximum Gasteiger partial charge on any atom is 0.522 e. The summed E-state index contributed by atoms with van der Waals surface area (Å²) in [6.07, 6.45) is 1.03. The number of benzene rings is 4. The zero-order valence-electron chi connectivity index (χ0n) is 16.1. The standard InChI is InChI=1S/C23H16.CHF3O3S/c1-3-10-18-16(7-1)9-5-12-20(18)22-14-6-13-21-19-11-4-2-8-17(19)15-23(21)22;2-1(3,4)8(5,6)7/h1-14H,15H2;(H,5,6,7). The Balaban J connectivity index is 0.000000250. The van der Waals surface area contributed by atoms with E-state index in [0.717, 1.165) is 6.42 Å². The van der Waals surface area contributed by atoms with Gasteiger partial charge in [0.25, 0.3) is 0 Å². The van der Waals surface area contributed by atoms with Gasteiger partial charge in [-0.1, -0.05) is 84.9 Å². The first-order valence-corrected chi connectivity index (χ1v) is 10.8. The van der Waals surface area contributed by atoms with Gasteiger partial charge in [-0.05, 0) is 50.6 Å². The molecule has 3 nitrogen and oxygen atoms in total. The summed E-state index contributed by atoms with van der Waals surface area (Å²) in [4.78, 5) is 0. The van der Waals surface area contributed by atoms with Crippen molar-refractivity contribution in [3.8, 4) is 22.3 Å². The molecule has 1 aliphatic rings. The minimum atomic E-state index is -5.84. The Morgan fingerprint density at radius 3 is 1.87 bits per heavy atom. The Morgan fingerprint density at radius 2 is 1.16 bits per heavy atom. The van der Waals surface area contributed by atoms with E-state index in [1.165, 1.54) is 44.2 Å². The smallest absolute Gasteiger partial charge is 0.279 e. The van der Waals surface area contributed by atoms with Crippen molar-refractivity contribution in [1.29, 1.82) is 0 Å². The summed E-state index contributed by atoms with van der Waals surface area (Å²) >= 11 is 0. The van der Waals surface area contributed by atoms with Crippen molar-refractivity contribution in [3.05, 3.63) is 96.1 Å². The van der Waals surface area contributed by atoms with Crippen LogP contribution in [0.2, 0.25) is 0 Å². The van der Waals surface area contributed by atoms with E-state index in [2.05, 4.69) is 84.9 Å². The van der Waals surface area contributed by atoms with Crippen molar-refractivity contribution in [1.82, 2.24) is 0 Å². The normalized spacial score (nSPS) is 12.6. The highest BCUT2D eigenvalue weighted by molar-refractivity contribution is 7.86. The Labute approximate surface area is 177 Å². The molecule has 1 N–H and O–H groups in total. The Bertz CT molecular complexity index is 1370. The number of alkyl halides is 3. The molecule has 0 atom stereocenters. The second-order valence-electron chi connectivity index (χ2n) is 7.11. The second kappa shape index (κ2) is 7.83. The zero-order valence-corrected chi connectivity index (χ0v) is 16.9. The van der Waals surface area contributed by atoms with Gasteiger partial charge >= 0.3 is 15.6 Å². The van der Waals surface area contributed by atoms with Crippen LogP contribution in [0.15, 0.2) is 84.9 Å². The topological polar surface area (TPSA) is 54.4 Å². The molecule has 7 heteroatoms. The van der Waals surface area contributed by atoms with Gasteiger partial charge in [0.1, 0.15) is 0 Å². The fourth-order valence-corrected chi connectivity index (χ4v) is 3.87. The van der Waals surface area contributed by atoms with Crippen LogP contribution < -0.4 is 0 Å². The molecule has 0 radical (unpaired) electrons. The van der Waals surface area contributed by atoms with Crippen molar-refractivity contribution in [2.75, 3.05) is 0 Å². The predicted octanol–water partition coefficient (Wildman–Crippen LogP) is 6.47. The number of halogens is 3. The highest BCUT2D eigenvalue weighted by Crippen LogP contribution is 2.42. The fraction of sp³-hybridized carbons (Fsp3) is 0.0833. The lowest BCUT2D eigenvalue weighted by atomic mass is 9.92. The van der Waals surface area contributed by atoms with Crippen LogP contribution in [-0.2, 0) is 16.5 Å². The molecule has 0 saturated heterocycles. The molecule has 158 valence electrons. The van der Waals surface area contributed by atoms with Crippen LogP contribution in [0.5, 0.6) is 0 Å². The quantitative estimate of drug-likeness (QED) is 0.239. The van der Waals surface area contributed by atoms with Crippen LogP contribution in [0.4, 0.5) is 13.2 Å². The maximum absolute atomic E-state index is 10.7. The molecule has 0 unspecified atom stereocenters. The molecular weight excluding hydrogens is 425 g/mol. The molecule has 0 aromatic heterocycles. The van der Waals surface area contributed by atoms with Gasteiger partial charge in [0.05, 0.1) is 0 Å². The summed E-state index contributed by atoms with van der Waals surface area (Å²) in [6.45, 7) is 0. The number of fused-ring (bicyclic) bond motifs is 4. The molecule has 0 heterocycles. The molecule has 0 amide bonds. The van der Waals surface area contributed by atoms with Crippen LogP contribution in [0.25, 0.3) is 33.0 Å². The van der Waals surface area contributed by atoms with Gasteiger partial charge in [-0.2, -0.15) is 21.6 Å². The van der Waals surface area contributed by atoms with Gasteiger partial charge in [0, 0.05) is 0 Å². The summed E-state index contributed by atoms with van der Waals surface area (Å²) in [5.41, 5.74) is 2.87. The largest absolute Gasteiger partial charge is 0.522 e. The summed E-state index contributed by atoms with van der Waals surface area (Å²) in [7, 11) is -5.84. The molecule has 1 aliphatic carbocycles. The average molecular weight is 442 g/mol. The SMILES string of the molecule is O=S(=O)(O)C(F)(F)F.c1ccc2c(c1)Cc1c-2cccc1-c1cccc2ccccc12. The van der Waals surface area contributed by atoms with E-state index in [0.29, 0.717) is 0 Å². The van der Waals surface area contributed by atoms with E-state index < -0.39 is 15.6 Å². The van der Waals surface area contributed by atoms with Crippen molar-refractivity contribution >= 4 is 20.9 Å². The van der Waals surface area contributed by atoms with Crippen molar-refractivity contribution in [2.24, 2.45) is 0 Å². The molecule has 0 fully saturated rings. The van der Waals surface area contributed by atoms with Gasteiger partial charge < -0.3 is 0 Å². The fourth-order valence-electron chi connectivity index (χ4n) is 3.87. The lowest BCUT2D eigenvalue weighted by Gasteiger charge is -2.12. The van der Waals surface area contributed by atoms with Gasteiger partial charge in [0.15, 0.2) is 0 Å². The van der Waals surface area contributed by atoms with E-state index in [9.17, 15) is 13.2 Å². The van der Waals surface area contributed by atoms with Crippen LogP contribution in [0.1, 0.15) is 11.1 Å². The average Bonchev–Trinajstić information content (AvgIpc) is 3.11. The molecule has 5 rings (SSSR count). The second-order valence-corrected chi connectivity index (χ2v) is 8.53. The third-order valence-corrected chi connectivity index (χ3v) is 5.81. The Hall–Kier alpha value is -3.16. The van der Waals surface area contributed by atoms with E-state index >= 15 is 0 Å². The van der Waals surface area contributed by atoms with Crippen LogP contribution >= 0.6 is 0 Å². The van der Waals surface area contributed by atoms with Crippen molar-refractivity contribution in [2.45, 2.75) is 11.9 Å². The lowest BCUT2D eigenvalue weighted by Crippen LogP contribution is -2.21. The third kappa shape index (κ3) is 4.06.